The fourth-order valence-electron chi connectivity index (χ4n) is 4.90. The molecule has 0 spiro atoms. The maximum absolute atomic E-state index is 12.4. The first-order chi connectivity index (χ1) is 12.9. The lowest BCUT2D eigenvalue weighted by molar-refractivity contribution is -0.118. The van der Waals surface area contributed by atoms with E-state index < -0.39 is 5.66 Å². The van der Waals surface area contributed by atoms with Crippen molar-refractivity contribution in [2.45, 2.75) is 44.4 Å². The van der Waals surface area contributed by atoms with Crippen molar-refractivity contribution in [1.82, 2.24) is 5.32 Å². The first kappa shape index (κ1) is 16.4. The predicted octanol–water partition coefficient (Wildman–Crippen LogP) is 3.65. The van der Waals surface area contributed by atoms with E-state index in [-0.39, 0.29) is 17.4 Å². The lowest BCUT2D eigenvalue weighted by atomic mass is 9.75. The summed E-state index contributed by atoms with van der Waals surface area (Å²) in [6.07, 6.45) is 5.49. The largest absolute Gasteiger partial charge is 0.490 e. The smallest absolute Gasteiger partial charge is 0.241 e. The van der Waals surface area contributed by atoms with E-state index in [1.165, 1.54) is 11.1 Å². The lowest BCUT2D eigenvalue weighted by Crippen LogP contribution is -2.58. The number of ether oxygens (including phenoxy) is 1. The number of para-hydroxylation sites is 1. The molecule has 0 aliphatic carbocycles. The van der Waals surface area contributed by atoms with Gasteiger partial charge in [0.25, 0.3) is 0 Å². The molecule has 0 unspecified atom stereocenters. The van der Waals surface area contributed by atoms with Gasteiger partial charge in [0.2, 0.25) is 5.91 Å². The lowest BCUT2D eigenvalue weighted by Gasteiger charge is -2.40. The highest BCUT2D eigenvalue weighted by Gasteiger charge is 2.59. The molecular weight excluding hydrogens is 336 g/mol. The van der Waals surface area contributed by atoms with E-state index in [0.29, 0.717) is 6.54 Å². The van der Waals surface area contributed by atoms with Crippen molar-refractivity contribution in [2.75, 3.05) is 11.4 Å². The molecule has 2 aromatic rings. The zero-order valence-corrected chi connectivity index (χ0v) is 16.0. The molecule has 2 atom stereocenters. The summed E-state index contributed by atoms with van der Waals surface area (Å²) in [6.45, 7) is 6.90. The number of hydrogen-bond acceptors (Lipinski definition) is 3. The van der Waals surface area contributed by atoms with Crippen molar-refractivity contribution in [2.24, 2.45) is 0 Å². The second kappa shape index (κ2) is 5.38. The Kier molecular flexibility index (Phi) is 3.27. The number of nitrogens with one attached hydrogen (secondary N) is 1. The van der Waals surface area contributed by atoms with Gasteiger partial charge < -0.3 is 15.0 Å². The third-order valence-corrected chi connectivity index (χ3v) is 6.32. The molecular formula is C23H24N2O2. The molecule has 138 valence electrons. The second-order valence-electron chi connectivity index (χ2n) is 8.38. The van der Waals surface area contributed by atoms with Gasteiger partial charge in [0, 0.05) is 17.5 Å². The van der Waals surface area contributed by atoms with Crippen molar-refractivity contribution >= 4 is 17.7 Å². The van der Waals surface area contributed by atoms with E-state index in [4.69, 9.17) is 4.74 Å². The molecule has 4 heteroatoms. The molecule has 3 heterocycles. The number of carbonyl (C=O) groups excluding carboxylic acids is 1. The molecule has 0 aromatic heterocycles. The summed E-state index contributed by atoms with van der Waals surface area (Å²) in [4.78, 5) is 14.6. The topological polar surface area (TPSA) is 41.6 Å². The van der Waals surface area contributed by atoms with Crippen LogP contribution in [0.2, 0.25) is 0 Å². The van der Waals surface area contributed by atoms with Gasteiger partial charge in [-0.3, -0.25) is 4.79 Å². The molecule has 4 nitrogen and oxygen atoms in total. The van der Waals surface area contributed by atoms with Gasteiger partial charge in [0.05, 0.1) is 6.54 Å². The third kappa shape index (κ3) is 2.19. The van der Waals surface area contributed by atoms with Gasteiger partial charge in [-0.15, -0.1) is 0 Å². The highest BCUT2D eigenvalue weighted by molar-refractivity contribution is 5.91. The summed E-state index contributed by atoms with van der Waals surface area (Å²) in [5.41, 5.74) is 4.02. The molecule has 5 rings (SSSR count). The van der Waals surface area contributed by atoms with Gasteiger partial charge in [0.15, 0.2) is 0 Å². The molecule has 2 aromatic carbocycles. The molecule has 1 saturated heterocycles. The molecule has 3 aliphatic heterocycles. The number of hydrogen-bond donors (Lipinski definition) is 1. The number of amides is 1. The summed E-state index contributed by atoms with van der Waals surface area (Å²) in [5.74, 6) is 1.06. The van der Waals surface area contributed by atoms with Crippen LogP contribution in [0.3, 0.4) is 0 Å². The molecule has 1 fully saturated rings. The Morgan fingerprint density at radius 1 is 1.22 bits per heavy atom. The summed E-state index contributed by atoms with van der Waals surface area (Å²) in [5, 5.41) is 3.27. The number of fused-ring (bicyclic) bond motifs is 4. The van der Waals surface area contributed by atoms with E-state index in [1.807, 2.05) is 6.07 Å². The zero-order chi connectivity index (χ0) is 18.8. The third-order valence-electron chi connectivity index (χ3n) is 6.32. The van der Waals surface area contributed by atoms with Crippen LogP contribution in [0, 0.1) is 0 Å². The van der Waals surface area contributed by atoms with Crippen molar-refractivity contribution in [3.05, 3.63) is 65.2 Å². The second-order valence-corrected chi connectivity index (χ2v) is 8.38. The average molecular weight is 360 g/mol. The van der Waals surface area contributed by atoms with Gasteiger partial charge in [-0.25, -0.2) is 0 Å². The Balaban J connectivity index is 1.57. The number of anilines is 1. The van der Waals surface area contributed by atoms with E-state index >= 15 is 0 Å². The van der Waals surface area contributed by atoms with Crippen LogP contribution in [0.15, 0.2) is 48.5 Å². The molecule has 3 aliphatic rings. The molecule has 0 bridgehead atoms. The van der Waals surface area contributed by atoms with E-state index in [9.17, 15) is 4.79 Å². The molecule has 27 heavy (non-hydrogen) atoms. The van der Waals surface area contributed by atoms with Crippen LogP contribution in [0.5, 0.6) is 5.75 Å². The number of carbonyl (C=O) groups is 1. The fourth-order valence-corrected chi connectivity index (χ4v) is 4.90. The van der Waals surface area contributed by atoms with Crippen molar-refractivity contribution in [3.8, 4) is 5.75 Å². The highest BCUT2D eigenvalue weighted by Crippen LogP contribution is 2.52. The monoisotopic (exact) mass is 360 g/mol. The van der Waals surface area contributed by atoms with Crippen molar-refractivity contribution < 1.29 is 9.53 Å². The van der Waals surface area contributed by atoms with Crippen LogP contribution in [0.1, 0.15) is 37.5 Å². The Bertz CT molecular complexity index is 978. The van der Waals surface area contributed by atoms with E-state index in [1.54, 1.807) is 0 Å². The van der Waals surface area contributed by atoms with Crippen LogP contribution in [0.4, 0.5) is 5.69 Å². The highest BCUT2D eigenvalue weighted by atomic mass is 16.5. The van der Waals surface area contributed by atoms with Crippen LogP contribution in [-0.2, 0) is 16.6 Å². The van der Waals surface area contributed by atoms with Crippen molar-refractivity contribution in [3.63, 3.8) is 0 Å². The summed E-state index contributed by atoms with van der Waals surface area (Å²) in [7, 11) is 0. The summed E-state index contributed by atoms with van der Waals surface area (Å²) in [6, 6.07) is 14.7. The maximum Gasteiger partial charge on any atom is 0.241 e. The SMILES string of the molecule is C[C@H]1Cc2cc(/C=C/[C@]34NC(=O)CN3c3ccccc3C4(C)C)ccc2O1. The Labute approximate surface area is 159 Å². The van der Waals surface area contributed by atoms with E-state index in [2.05, 4.69) is 79.5 Å². The van der Waals surface area contributed by atoms with Gasteiger partial charge in [-0.2, -0.15) is 0 Å². The summed E-state index contributed by atoms with van der Waals surface area (Å²) < 4.78 is 5.81. The van der Waals surface area contributed by atoms with Gasteiger partial charge in [-0.05, 0) is 47.9 Å². The number of benzene rings is 2. The molecule has 0 saturated carbocycles. The number of nitrogens with zero attached hydrogens (tertiary/aromatic N) is 1. The molecule has 1 amide bonds. The van der Waals surface area contributed by atoms with Crippen molar-refractivity contribution in [1.29, 1.82) is 0 Å². The minimum Gasteiger partial charge on any atom is -0.490 e. The molecule has 1 N–H and O–H groups in total. The van der Waals surface area contributed by atoms with Crippen LogP contribution < -0.4 is 15.0 Å². The quantitative estimate of drug-likeness (QED) is 0.889. The first-order valence-electron chi connectivity index (χ1n) is 9.58. The minimum atomic E-state index is -0.545. The van der Waals surface area contributed by atoms with Gasteiger partial charge >= 0.3 is 0 Å². The van der Waals surface area contributed by atoms with Gasteiger partial charge in [-0.1, -0.05) is 44.2 Å². The Morgan fingerprint density at radius 3 is 2.89 bits per heavy atom. The molecule has 0 radical (unpaired) electrons. The van der Waals surface area contributed by atoms with Crippen LogP contribution in [0.25, 0.3) is 6.08 Å². The minimum absolute atomic E-state index is 0.0680. The standard InChI is InChI=1S/C23H24N2O2/c1-15-12-17-13-16(8-9-20(17)27-15)10-11-23-22(2,3)18-6-4-5-7-19(18)25(23)14-21(26)24-23/h4-11,13,15H,12,14H2,1-3H3,(H,24,26)/b11-10+/t15-,23-/m0/s1. The normalized spacial score (nSPS) is 27.3. The van der Waals surface area contributed by atoms with Gasteiger partial charge in [0.1, 0.15) is 17.5 Å². The summed E-state index contributed by atoms with van der Waals surface area (Å²) >= 11 is 0. The van der Waals surface area contributed by atoms with Crippen LogP contribution in [-0.4, -0.2) is 24.2 Å². The average Bonchev–Trinajstić information content (AvgIpc) is 3.23. The van der Waals surface area contributed by atoms with Crippen LogP contribution >= 0.6 is 0 Å². The predicted molar refractivity (Wildman–Crippen MR) is 107 cm³/mol. The number of rotatable bonds is 2. The van der Waals surface area contributed by atoms with E-state index in [0.717, 1.165) is 23.4 Å². The Hall–Kier alpha value is -2.75. The Morgan fingerprint density at radius 2 is 2.04 bits per heavy atom. The zero-order valence-electron chi connectivity index (χ0n) is 16.0. The first-order valence-corrected chi connectivity index (χ1v) is 9.58. The maximum atomic E-state index is 12.4. The fraction of sp³-hybridized carbons (Fsp3) is 0.348.